The molecule has 0 aromatic carbocycles. The molecule has 16 heavy (non-hydrogen) atoms. The highest BCUT2D eigenvalue weighted by atomic mass is 32.1. The van der Waals surface area contributed by atoms with E-state index in [0.29, 0.717) is 6.61 Å². The fourth-order valence-corrected chi connectivity index (χ4v) is 1.59. The molecule has 0 spiro atoms. The maximum absolute atomic E-state index is 11.2. The smallest absolute Gasteiger partial charge is 0.325 e. The fraction of sp³-hybridized carbons (Fsp3) is 0.273. The standard InChI is InChI=1S/C11H13NO3S/c1-2-15-11(14)8-12-10(13)6-5-9-4-3-7-16-9/h3-7H,2,8H2,1H3,(H,12,13). The molecule has 0 aliphatic rings. The van der Waals surface area contributed by atoms with E-state index in [4.69, 9.17) is 0 Å². The maximum atomic E-state index is 11.2. The van der Waals surface area contributed by atoms with Crippen LogP contribution in [0.4, 0.5) is 0 Å². The molecule has 0 saturated carbocycles. The van der Waals surface area contributed by atoms with E-state index < -0.39 is 5.97 Å². The van der Waals surface area contributed by atoms with Crippen LogP contribution in [-0.2, 0) is 14.3 Å². The van der Waals surface area contributed by atoms with Crippen LogP contribution in [0.5, 0.6) is 0 Å². The van der Waals surface area contributed by atoms with Crippen molar-refractivity contribution in [1.29, 1.82) is 0 Å². The fourth-order valence-electron chi connectivity index (χ4n) is 0.974. The second-order valence-corrected chi connectivity index (χ2v) is 3.85. The molecule has 0 unspecified atom stereocenters. The van der Waals surface area contributed by atoms with E-state index in [1.165, 1.54) is 17.4 Å². The molecule has 1 N–H and O–H groups in total. The number of ether oxygens (including phenoxy) is 1. The maximum Gasteiger partial charge on any atom is 0.325 e. The van der Waals surface area contributed by atoms with Crippen molar-refractivity contribution in [2.45, 2.75) is 6.92 Å². The molecule has 0 atom stereocenters. The predicted molar refractivity (Wildman–Crippen MR) is 63.0 cm³/mol. The van der Waals surface area contributed by atoms with Gasteiger partial charge in [-0.05, 0) is 24.4 Å². The number of hydrogen-bond acceptors (Lipinski definition) is 4. The number of esters is 1. The normalized spacial score (nSPS) is 10.3. The summed E-state index contributed by atoms with van der Waals surface area (Å²) in [6.45, 7) is 1.94. The van der Waals surface area contributed by atoms with Gasteiger partial charge in [-0.25, -0.2) is 0 Å². The number of rotatable bonds is 5. The van der Waals surface area contributed by atoms with Crippen molar-refractivity contribution in [3.8, 4) is 0 Å². The monoisotopic (exact) mass is 239 g/mol. The van der Waals surface area contributed by atoms with Gasteiger partial charge in [0.05, 0.1) is 6.61 Å². The average molecular weight is 239 g/mol. The first kappa shape index (κ1) is 12.4. The Kier molecular flexibility index (Phi) is 5.28. The summed E-state index contributed by atoms with van der Waals surface area (Å²) < 4.78 is 4.67. The zero-order chi connectivity index (χ0) is 11.8. The van der Waals surface area contributed by atoms with E-state index in [-0.39, 0.29) is 12.5 Å². The third-order valence-corrected chi connectivity index (χ3v) is 2.49. The van der Waals surface area contributed by atoms with Crippen LogP contribution < -0.4 is 5.32 Å². The average Bonchev–Trinajstić information content (AvgIpc) is 2.77. The summed E-state index contributed by atoms with van der Waals surface area (Å²) in [4.78, 5) is 23.2. The van der Waals surface area contributed by atoms with Gasteiger partial charge in [-0.15, -0.1) is 11.3 Å². The minimum atomic E-state index is -0.430. The lowest BCUT2D eigenvalue weighted by Crippen LogP contribution is -2.29. The molecule has 0 saturated heterocycles. The Morgan fingerprint density at radius 2 is 2.38 bits per heavy atom. The van der Waals surface area contributed by atoms with Gasteiger partial charge in [0, 0.05) is 11.0 Å². The van der Waals surface area contributed by atoms with Gasteiger partial charge in [-0.2, -0.15) is 0 Å². The number of hydrogen-bond donors (Lipinski definition) is 1. The number of nitrogens with one attached hydrogen (secondary N) is 1. The van der Waals surface area contributed by atoms with Crippen molar-refractivity contribution in [3.63, 3.8) is 0 Å². The molecule has 0 radical (unpaired) electrons. The van der Waals surface area contributed by atoms with Crippen molar-refractivity contribution < 1.29 is 14.3 Å². The third kappa shape index (κ3) is 4.75. The Morgan fingerprint density at radius 3 is 3.00 bits per heavy atom. The zero-order valence-corrected chi connectivity index (χ0v) is 9.75. The summed E-state index contributed by atoms with van der Waals surface area (Å²) >= 11 is 1.54. The molecule has 0 bridgehead atoms. The lowest BCUT2D eigenvalue weighted by Gasteiger charge is -2.01. The molecular formula is C11H13NO3S. The van der Waals surface area contributed by atoms with Crippen LogP contribution in [0.15, 0.2) is 23.6 Å². The van der Waals surface area contributed by atoms with Gasteiger partial charge in [0.2, 0.25) is 5.91 Å². The second-order valence-electron chi connectivity index (χ2n) is 2.87. The summed E-state index contributed by atoms with van der Waals surface area (Å²) in [6.07, 6.45) is 3.09. The van der Waals surface area contributed by atoms with Crippen LogP contribution in [0.1, 0.15) is 11.8 Å². The van der Waals surface area contributed by atoms with E-state index in [1.807, 2.05) is 17.5 Å². The second kappa shape index (κ2) is 6.79. The van der Waals surface area contributed by atoms with Crippen molar-refractivity contribution >= 4 is 29.3 Å². The minimum Gasteiger partial charge on any atom is -0.465 e. The first-order valence-corrected chi connectivity index (χ1v) is 5.75. The molecule has 0 aliphatic heterocycles. The van der Waals surface area contributed by atoms with Crippen LogP contribution in [0.25, 0.3) is 6.08 Å². The van der Waals surface area contributed by atoms with Crippen molar-refractivity contribution in [2.24, 2.45) is 0 Å². The SMILES string of the molecule is CCOC(=O)CNC(=O)C=Cc1cccs1. The summed E-state index contributed by atoms with van der Waals surface area (Å²) in [6, 6.07) is 3.81. The van der Waals surface area contributed by atoms with Gasteiger partial charge in [0.1, 0.15) is 6.54 Å². The number of carbonyl (C=O) groups is 2. The first-order valence-electron chi connectivity index (χ1n) is 4.87. The predicted octanol–water partition coefficient (Wildman–Crippen LogP) is 1.44. The summed E-state index contributed by atoms with van der Waals surface area (Å²) in [5.41, 5.74) is 0. The van der Waals surface area contributed by atoms with Crippen LogP contribution in [-0.4, -0.2) is 25.0 Å². The molecule has 0 aliphatic carbocycles. The zero-order valence-electron chi connectivity index (χ0n) is 8.93. The van der Waals surface area contributed by atoms with E-state index in [0.717, 1.165) is 4.88 Å². The Labute approximate surface area is 97.9 Å². The summed E-state index contributed by atoms with van der Waals surface area (Å²) in [5, 5.41) is 4.36. The lowest BCUT2D eigenvalue weighted by atomic mass is 10.4. The van der Waals surface area contributed by atoms with Gasteiger partial charge >= 0.3 is 5.97 Å². The first-order chi connectivity index (χ1) is 7.72. The van der Waals surface area contributed by atoms with Crippen LogP contribution in [0, 0.1) is 0 Å². The molecule has 1 heterocycles. The Hall–Kier alpha value is -1.62. The Bertz CT molecular complexity index is 371. The highest BCUT2D eigenvalue weighted by Gasteiger charge is 2.02. The van der Waals surface area contributed by atoms with Crippen molar-refractivity contribution in [3.05, 3.63) is 28.5 Å². The van der Waals surface area contributed by atoms with E-state index in [9.17, 15) is 9.59 Å². The van der Waals surface area contributed by atoms with E-state index in [1.54, 1.807) is 13.0 Å². The van der Waals surface area contributed by atoms with Gasteiger partial charge in [-0.3, -0.25) is 9.59 Å². The molecule has 86 valence electrons. The molecule has 1 rings (SSSR count). The van der Waals surface area contributed by atoms with Crippen LogP contribution in [0.3, 0.4) is 0 Å². The van der Waals surface area contributed by atoms with Gasteiger partial charge in [0.25, 0.3) is 0 Å². The largest absolute Gasteiger partial charge is 0.465 e. The van der Waals surface area contributed by atoms with Gasteiger partial charge in [0.15, 0.2) is 0 Å². The molecule has 5 heteroatoms. The topological polar surface area (TPSA) is 55.4 Å². The van der Waals surface area contributed by atoms with E-state index in [2.05, 4.69) is 10.1 Å². The van der Waals surface area contributed by atoms with E-state index >= 15 is 0 Å². The quantitative estimate of drug-likeness (QED) is 0.625. The molecule has 4 nitrogen and oxygen atoms in total. The summed E-state index contributed by atoms with van der Waals surface area (Å²) in [5.74, 6) is -0.734. The van der Waals surface area contributed by atoms with Gasteiger partial charge < -0.3 is 10.1 Å². The number of amides is 1. The van der Waals surface area contributed by atoms with Crippen LogP contribution in [0.2, 0.25) is 0 Å². The van der Waals surface area contributed by atoms with Crippen molar-refractivity contribution in [1.82, 2.24) is 5.32 Å². The molecule has 0 fully saturated rings. The van der Waals surface area contributed by atoms with Crippen molar-refractivity contribution in [2.75, 3.05) is 13.2 Å². The highest BCUT2D eigenvalue weighted by Crippen LogP contribution is 2.09. The molecule has 1 aromatic heterocycles. The number of carbonyl (C=O) groups excluding carboxylic acids is 2. The van der Waals surface area contributed by atoms with Gasteiger partial charge in [-0.1, -0.05) is 6.07 Å². The molecule has 1 aromatic rings. The minimum absolute atomic E-state index is 0.0958. The highest BCUT2D eigenvalue weighted by molar-refractivity contribution is 7.10. The third-order valence-electron chi connectivity index (χ3n) is 1.65. The number of thiophene rings is 1. The Balaban J connectivity index is 2.28. The molecular weight excluding hydrogens is 226 g/mol. The Morgan fingerprint density at radius 1 is 1.56 bits per heavy atom. The summed E-state index contributed by atoms with van der Waals surface area (Å²) in [7, 11) is 0. The lowest BCUT2D eigenvalue weighted by molar-refractivity contribution is -0.143. The molecule has 1 amide bonds. The van der Waals surface area contributed by atoms with Crippen LogP contribution >= 0.6 is 11.3 Å².